The molecule has 2 heteroatoms. The second-order valence-electron chi connectivity index (χ2n) is 4.05. The van der Waals surface area contributed by atoms with Gasteiger partial charge in [0.05, 0.1) is 8.80 Å². The molecule has 0 heterocycles. The van der Waals surface area contributed by atoms with Crippen LogP contribution in [0.1, 0.15) is 22.2 Å². The molecular formula is C12H15LiSi+. The fraction of sp³-hybridized carbons (Fsp3) is 0.333. The molecule has 1 unspecified atom stereocenters. The van der Waals surface area contributed by atoms with Crippen molar-refractivity contribution >= 4 is 14.9 Å². The van der Waals surface area contributed by atoms with E-state index in [-0.39, 0.29) is 27.7 Å². The van der Waals surface area contributed by atoms with Crippen LogP contribution in [0.5, 0.6) is 0 Å². The summed E-state index contributed by atoms with van der Waals surface area (Å²) in [6, 6.07) is 6.81. The number of allylic oxidation sites excluding steroid dienone is 1. The van der Waals surface area contributed by atoms with Crippen molar-refractivity contribution in [2.75, 3.05) is 0 Å². The molecular weight excluding hydrogens is 179 g/mol. The van der Waals surface area contributed by atoms with Crippen molar-refractivity contribution in [3.05, 3.63) is 41.0 Å². The molecule has 0 saturated carbocycles. The van der Waals surface area contributed by atoms with Gasteiger partial charge in [0.25, 0.3) is 0 Å². The van der Waals surface area contributed by atoms with Gasteiger partial charge in [0.2, 0.25) is 0 Å². The number of hydrogen-bond donors (Lipinski definition) is 0. The van der Waals surface area contributed by atoms with E-state index in [9.17, 15) is 0 Å². The molecule has 0 aromatic heterocycles. The van der Waals surface area contributed by atoms with Crippen molar-refractivity contribution in [2.45, 2.75) is 25.6 Å². The van der Waals surface area contributed by atoms with E-state index in [1.807, 2.05) is 0 Å². The Kier molecular flexibility index (Phi) is 3.83. The third-order valence-corrected chi connectivity index (χ3v) is 4.42. The second kappa shape index (κ2) is 4.53. The van der Waals surface area contributed by atoms with Gasteiger partial charge in [0.15, 0.2) is 0 Å². The Morgan fingerprint density at radius 2 is 1.93 bits per heavy atom. The molecule has 0 bridgehead atoms. The van der Waals surface area contributed by atoms with E-state index in [0.717, 1.165) is 5.54 Å². The normalized spacial score (nSPS) is 18.1. The molecule has 1 aromatic carbocycles. The third kappa shape index (κ3) is 2.06. The standard InChI is InChI=1S/C12H15Si.Li/c1-9-4-6-11-10(8-9)5-7-12(11)13(2)3;/h4-8,12H,1-3H3;/q;+1. The molecule has 1 aliphatic rings. The number of benzene rings is 1. The van der Waals surface area contributed by atoms with Gasteiger partial charge in [-0.3, -0.25) is 0 Å². The minimum atomic E-state index is -0.224. The minimum Gasteiger partial charge on any atom is -0.0794 e. The summed E-state index contributed by atoms with van der Waals surface area (Å²) >= 11 is 0. The number of hydrogen-bond acceptors (Lipinski definition) is 0. The average Bonchev–Trinajstić information content (AvgIpc) is 2.46. The van der Waals surface area contributed by atoms with E-state index >= 15 is 0 Å². The Morgan fingerprint density at radius 3 is 2.57 bits per heavy atom. The third-order valence-electron chi connectivity index (χ3n) is 2.67. The van der Waals surface area contributed by atoms with Gasteiger partial charge in [-0.25, -0.2) is 0 Å². The summed E-state index contributed by atoms with van der Waals surface area (Å²) in [6.07, 6.45) is 4.66. The zero-order valence-electron chi connectivity index (χ0n) is 9.46. The van der Waals surface area contributed by atoms with Crippen molar-refractivity contribution in [1.29, 1.82) is 0 Å². The maximum Gasteiger partial charge on any atom is 1.00 e. The molecule has 0 aliphatic heterocycles. The molecule has 1 atom stereocenters. The molecule has 0 fully saturated rings. The Bertz CT molecular complexity index is 355. The van der Waals surface area contributed by atoms with Crippen LogP contribution in [0.3, 0.4) is 0 Å². The van der Waals surface area contributed by atoms with Gasteiger partial charge in [0.1, 0.15) is 0 Å². The van der Waals surface area contributed by atoms with E-state index in [2.05, 4.69) is 50.4 Å². The fourth-order valence-corrected chi connectivity index (χ4v) is 3.29. The predicted molar refractivity (Wildman–Crippen MR) is 60.4 cm³/mol. The molecule has 0 spiro atoms. The van der Waals surface area contributed by atoms with Crippen molar-refractivity contribution in [3.63, 3.8) is 0 Å². The number of rotatable bonds is 1. The molecule has 1 aliphatic carbocycles. The first kappa shape index (κ1) is 11.8. The van der Waals surface area contributed by atoms with Crippen molar-refractivity contribution in [1.82, 2.24) is 0 Å². The fourth-order valence-electron chi connectivity index (χ4n) is 1.93. The first-order chi connectivity index (χ1) is 6.18. The summed E-state index contributed by atoms with van der Waals surface area (Å²) in [5.41, 5.74) is 5.09. The monoisotopic (exact) mass is 194 g/mol. The van der Waals surface area contributed by atoms with Crippen LogP contribution < -0.4 is 18.9 Å². The summed E-state index contributed by atoms with van der Waals surface area (Å²) < 4.78 is 0. The second-order valence-corrected chi connectivity index (χ2v) is 6.82. The predicted octanol–water partition coefficient (Wildman–Crippen LogP) is 0.403. The Labute approximate surface area is 100 Å². The van der Waals surface area contributed by atoms with Crippen LogP contribution in [0.2, 0.25) is 13.1 Å². The van der Waals surface area contributed by atoms with E-state index < -0.39 is 0 Å². The molecule has 0 nitrogen and oxygen atoms in total. The Hall–Kier alpha value is -0.226. The van der Waals surface area contributed by atoms with Crippen LogP contribution in [0, 0.1) is 6.92 Å². The minimum absolute atomic E-state index is 0. The smallest absolute Gasteiger partial charge is 0.0794 e. The molecule has 1 aromatic rings. The Balaban J connectivity index is 0.000000980. The van der Waals surface area contributed by atoms with Gasteiger partial charge in [-0.1, -0.05) is 49.0 Å². The maximum absolute atomic E-state index is 2.38. The van der Waals surface area contributed by atoms with Crippen LogP contribution in [0.25, 0.3) is 6.08 Å². The summed E-state index contributed by atoms with van der Waals surface area (Å²) in [5, 5.41) is 0. The molecule has 0 amide bonds. The van der Waals surface area contributed by atoms with Crippen LogP contribution in [-0.4, -0.2) is 8.80 Å². The quantitative estimate of drug-likeness (QED) is 0.568. The van der Waals surface area contributed by atoms with Crippen LogP contribution in [0.15, 0.2) is 24.3 Å². The number of aryl methyl sites for hydroxylation is 1. The molecule has 14 heavy (non-hydrogen) atoms. The summed E-state index contributed by atoms with van der Waals surface area (Å²) in [4.78, 5) is 0. The summed E-state index contributed by atoms with van der Waals surface area (Å²) in [6.45, 7) is 6.93. The van der Waals surface area contributed by atoms with Gasteiger partial charge in [-0.2, -0.15) is 0 Å². The van der Waals surface area contributed by atoms with E-state index in [4.69, 9.17) is 0 Å². The van der Waals surface area contributed by atoms with Gasteiger partial charge in [0, 0.05) is 0 Å². The molecule has 2 rings (SSSR count). The molecule has 0 saturated heterocycles. The van der Waals surface area contributed by atoms with Crippen molar-refractivity contribution in [2.24, 2.45) is 0 Å². The van der Waals surface area contributed by atoms with Crippen LogP contribution in [0.4, 0.5) is 0 Å². The van der Waals surface area contributed by atoms with Gasteiger partial charge >= 0.3 is 18.9 Å². The zero-order valence-corrected chi connectivity index (χ0v) is 10.5. The number of fused-ring (bicyclic) bond motifs is 1. The van der Waals surface area contributed by atoms with Crippen molar-refractivity contribution < 1.29 is 18.9 Å². The van der Waals surface area contributed by atoms with Crippen LogP contribution >= 0.6 is 0 Å². The first-order valence-corrected chi connectivity index (χ1v) is 7.35. The first-order valence-electron chi connectivity index (χ1n) is 4.77. The zero-order chi connectivity index (χ0) is 9.42. The van der Waals surface area contributed by atoms with Gasteiger partial charge in [-0.15, -0.1) is 0 Å². The van der Waals surface area contributed by atoms with Crippen molar-refractivity contribution in [3.8, 4) is 0 Å². The Morgan fingerprint density at radius 1 is 1.21 bits per heavy atom. The molecule has 67 valence electrons. The SMILES string of the molecule is Cc1ccc2c(c1)C=CC2[Si](C)C.[Li+]. The summed E-state index contributed by atoms with van der Waals surface area (Å²) in [7, 11) is -0.224. The van der Waals surface area contributed by atoms with E-state index in [1.165, 1.54) is 11.1 Å². The van der Waals surface area contributed by atoms with Gasteiger partial charge < -0.3 is 0 Å². The van der Waals surface area contributed by atoms with Gasteiger partial charge in [-0.05, 0) is 23.6 Å². The van der Waals surface area contributed by atoms with Crippen LogP contribution in [-0.2, 0) is 0 Å². The topological polar surface area (TPSA) is 0 Å². The molecule has 0 N–H and O–H groups in total. The molecule has 1 radical (unpaired) electrons. The maximum atomic E-state index is 2.38. The summed E-state index contributed by atoms with van der Waals surface area (Å²) in [5.74, 6) is 0. The van der Waals surface area contributed by atoms with E-state index in [1.54, 1.807) is 5.56 Å². The average molecular weight is 194 g/mol. The largest absolute Gasteiger partial charge is 1.00 e. The van der Waals surface area contributed by atoms with E-state index in [0.29, 0.717) is 0 Å².